The lowest BCUT2D eigenvalue weighted by molar-refractivity contribution is -0.121. The maximum atomic E-state index is 12.7. The average Bonchev–Trinajstić information content (AvgIpc) is 2.73. The van der Waals surface area contributed by atoms with Gasteiger partial charge >= 0.3 is 5.97 Å². The molecule has 1 aliphatic carbocycles. The standard InChI is InChI=1S/C21H22ClNO5S/c1-28-21(25)17-8-6-15(7-9-17)14-29(26,27)23(22)18-12-10-16(11-13-18)19-4-2-3-5-20(19)24/h6-13,19H,2-5,14H2,1H3. The van der Waals surface area contributed by atoms with Gasteiger partial charge in [-0.3, -0.25) is 4.79 Å². The van der Waals surface area contributed by atoms with Crippen LogP contribution in [0.25, 0.3) is 0 Å². The highest BCUT2D eigenvalue weighted by atomic mass is 35.5. The Kier molecular flexibility index (Phi) is 6.59. The van der Waals surface area contributed by atoms with Crippen LogP contribution in [0.1, 0.15) is 53.1 Å². The average molecular weight is 436 g/mol. The Balaban J connectivity index is 1.72. The third kappa shape index (κ3) is 4.97. The van der Waals surface area contributed by atoms with Gasteiger partial charge in [0.2, 0.25) is 0 Å². The zero-order chi connectivity index (χ0) is 21.0. The summed E-state index contributed by atoms with van der Waals surface area (Å²) in [5.74, 6) is -0.697. The molecular weight excluding hydrogens is 414 g/mol. The molecule has 0 N–H and O–H groups in total. The van der Waals surface area contributed by atoms with Gasteiger partial charge in [-0.15, -0.1) is 0 Å². The molecule has 3 rings (SSSR count). The minimum absolute atomic E-state index is 0.119. The molecule has 0 bridgehead atoms. The number of halogens is 1. The van der Waals surface area contributed by atoms with Crippen molar-refractivity contribution in [1.29, 1.82) is 0 Å². The zero-order valence-corrected chi connectivity index (χ0v) is 17.6. The summed E-state index contributed by atoms with van der Waals surface area (Å²) in [4.78, 5) is 23.6. The van der Waals surface area contributed by atoms with E-state index < -0.39 is 16.0 Å². The minimum atomic E-state index is -3.84. The number of carbonyl (C=O) groups excluding carboxylic acids is 2. The van der Waals surface area contributed by atoms with E-state index in [0.29, 0.717) is 27.1 Å². The molecule has 1 saturated carbocycles. The summed E-state index contributed by atoms with van der Waals surface area (Å²) < 4.78 is 30.7. The van der Waals surface area contributed by atoms with E-state index >= 15 is 0 Å². The Hall–Kier alpha value is -2.38. The smallest absolute Gasteiger partial charge is 0.337 e. The number of esters is 1. The molecule has 2 aromatic rings. The van der Waals surface area contributed by atoms with Crippen molar-refractivity contribution in [2.75, 3.05) is 10.9 Å². The lowest BCUT2D eigenvalue weighted by atomic mass is 9.83. The molecule has 0 heterocycles. The maximum absolute atomic E-state index is 12.7. The van der Waals surface area contributed by atoms with Crippen LogP contribution >= 0.6 is 11.8 Å². The van der Waals surface area contributed by atoms with E-state index in [2.05, 4.69) is 4.74 Å². The highest BCUT2D eigenvalue weighted by molar-refractivity contribution is 7.93. The summed E-state index contributed by atoms with van der Waals surface area (Å²) >= 11 is 6.12. The molecule has 1 aliphatic rings. The molecule has 2 aromatic carbocycles. The van der Waals surface area contributed by atoms with Crippen LogP contribution in [0, 0.1) is 0 Å². The summed E-state index contributed by atoms with van der Waals surface area (Å²) in [6, 6.07) is 12.9. The summed E-state index contributed by atoms with van der Waals surface area (Å²) in [7, 11) is -2.56. The predicted molar refractivity (Wildman–Crippen MR) is 111 cm³/mol. The van der Waals surface area contributed by atoms with Crippen molar-refractivity contribution in [3.8, 4) is 0 Å². The monoisotopic (exact) mass is 435 g/mol. The number of rotatable bonds is 6. The summed E-state index contributed by atoms with van der Waals surface area (Å²) in [5.41, 5.74) is 2.03. The van der Waals surface area contributed by atoms with Gasteiger partial charge in [0.15, 0.2) is 0 Å². The van der Waals surface area contributed by atoms with E-state index in [0.717, 1.165) is 24.8 Å². The van der Waals surface area contributed by atoms with Crippen molar-refractivity contribution >= 4 is 39.2 Å². The van der Waals surface area contributed by atoms with Gasteiger partial charge in [0.05, 0.1) is 24.1 Å². The Morgan fingerprint density at radius 2 is 1.76 bits per heavy atom. The van der Waals surface area contributed by atoms with E-state index in [1.807, 2.05) is 0 Å². The van der Waals surface area contributed by atoms with Crippen molar-refractivity contribution in [3.63, 3.8) is 0 Å². The SMILES string of the molecule is COC(=O)c1ccc(CS(=O)(=O)N(Cl)c2ccc(C3CCCCC3=O)cc2)cc1. The fraction of sp³-hybridized carbons (Fsp3) is 0.333. The molecule has 6 nitrogen and oxygen atoms in total. The van der Waals surface area contributed by atoms with Crippen molar-refractivity contribution in [1.82, 2.24) is 0 Å². The van der Waals surface area contributed by atoms with Crippen LogP contribution in [0.15, 0.2) is 48.5 Å². The van der Waals surface area contributed by atoms with E-state index in [4.69, 9.17) is 11.8 Å². The molecule has 154 valence electrons. The van der Waals surface area contributed by atoms with Gasteiger partial charge in [-0.05, 0) is 48.2 Å². The summed E-state index contributed by atoms with van der Waals surface area (Å²) in [6.07, 6.45) is 3.37. The number of ether oxygens (including phenoxy) is 1. The topological polar surface area (TPSA) is 80.8 Å². The Labute approximate surface area is 175 Å². The Morgan fingerprint density at radius 1 is 1.10 bits per heavy atom. The number of methoxy groups -OCH3 is 1. The number of sulfonamides is 1. The molecule has 29 heavy (non-hydrogen) atoms. The van der Waals surface area contributed by atoms with Crippen molar-refractivity contribution in [3.05, 3.63) is 65.2 Å². The number of Topliss-reactive ketones (excluding diaryl/α,β-unsaturated/α-hetero) is 1. The second-order valence-corrected chi connectivity index (χ2v) is 9.37. The van der Waals surface area contributed by atoms with Gasteiger partial charge in [0.25, 0.3) is 10.0 Å². The first-order chi connectivity index (χ1) is 13.8. The third-order valence-electron chi connectivity index (χ3n) is 5.02. The fourth-order valence-electron chi connectivity index (χ4n) is 3.44. The second kappa shape index (κ2) is 8.97. The van der Waals surface area contributed by atoms with Crippen LogP contribution in [0.3, 0.4) is 0 Å². The molecule has 0 amide bonds. The molecule has 8 heteroatoms. The molecule has 0 radical (unpaired) electrons. The number of nitrogens with zero attached hydrogens (tertiary/aromatic N) is 1. The van der Waals surface area contributed by atoms with Crippen molar-refractivity contribution < 1.29 is 22.7 Å². The fourth-order valence-corrected chi connectivity index (χ4v) is 4.87. The number of ketones is 1. The molecule has 0 aromatic heterocycles. The van der Waals surface area contributed by atoms with Crippen LogP contribution in [0.2, 0.25) is 0 Å². The molecule has 0 aliphatic heterocycles. The summed E-state index contributed by atoms with van der Waals surface area (Å²) in [6.45, 7) is 0. The maximum Gasteiger partial charge on any atom is 0.337 e. The first-order valence-electron chi connectivity index (χ1n) is 9.30. The van der Waals surface area contributed by atoms with E-state index in [-0.39, 0.29) is 17.5 Å². The molecule has 1 fully saturated rings. The number of benzene rings is 2. The van der Waals surface area contributed by atoms with Crippen LogP contribution in [0.4, 0.5) is 5.69 Å². The summed E-state index contributed by atoms with van der Waals surface area (Å²) in [5, 5.41) is 0. The van der Waals surface area contributed by atoms with Crippen LogP contribution in [0.5, 0.6) is 0 Å². The lowest BCUT2D eigenvalue weighted by Crippen LogP contribution is -2.23. The van der Waals surface area contributed by atoms with Gasteiger partial charge in [-0.1, -0.05) is 30.7 Å². The second-order valence-electron chi connectivity index (χ2n) is 7.02. The minimum Gasteiger partial charge on any atom is -0.465 e. The zero-order valence-electron chi connectivity index (χ0n) is 16.0. The largest absolute Gasteiger partial charge is 0.465 e. The number of carbonyl (C=O) groups is 2. The van der Waals surface area contributed by atoms with E-state index in [9.17, 15) is 18.0 Å². The van der Waals surface area contributed by atoms with Gasteiger partial charge in [-0.25, -0.2) is 13.2 Å². The van der Waals surface area contributed by atoms with Crippen molar-refractivity contribution in [2.45, 2.75) is 37.4 Å². The number of anilines is 1. The van der Waals surface area contributed by atoms with Gasteiger partial charge in [0.1, 0.15) is 5.78 Å². The first kappa shape index (κ1) is 21.3. The lowest BCUT2D eigenvalue weighted by Gasteiger charge is -2.22. The molecular formula is C21H22ClNO5S. The van der Waals surface area contributed by atoms with E-state index in [1.54, 1.807) is 36.4 Å². The predicted octanol–water partition coefficient (Wildman–Crippen LogP) is 4.19. The molecule has 1 unspecified atom stereocenters. The van der Waals surface area contributed by atoms with E-state index in [1.165, 1.54) is 19.2 Å². The quantitative estimate of drug-likeness (QED) is 0.502. The molecule has 0 spiro atoms. The van der Waals surface area contributed by atoms with Crippen LogP contribution < -0.4 is 3.82 Å². The molecule has 0 saturated heterocycles. The van der Waals surface area contributed by atoms with Gasteiger partial charge < -0.3 is 4.74 Å². The van der Waals surface area contributed by atoms with Gasteiger partial charge in [0, 0.05) is 24.1 Å². The number of hydrogen-bond donors (Lipinski definition) is 0. The first-order valence-corrected chi connectivity index (χ1v) is 11.3. The van der Waals surface area contributed by atoms with Gasteiger partial charge in [-0.2, -0.15) is 3.82 Å². The third-order valence-corrected chi connectivity index (χ3v) is 7.24. The molecule has 1 atom stereocenters. The van der Waals surface area contributed by atoms with Crippen LogP contribution in [-0.4, -0.2) is 27.3 Å². The Morgan fingerprint density at radius 3 is 2.34 bits per heavy atom. The normalized spacial score (nSPS) is 17.0. The Bertz CT molecular complexity index is 987. The number of hydrogen-bond acceptors (Lipinski definition) is 5. The van der Waals surface area contributed by atoms with Crippen molar-refractivity contribution in [2.24, 2.45) is 0 Å². The highest BCUT2D eigenvalue weighted by Gasteiger charge is 2.25. The highest BCUT2D eigenvalue weighted by Crippen LogP contribution is 2.32. The van der Waals surface area contributed by atoms with Crippen LogP contribution in [-0.2, 0) is 25.3 Å².